The van der Waals surface area contributed by atoms with Crippen molar-refractivity contribution in [2.75, 3.05) is 21.3 Å². The summed E-state index contributed by atoms with van der Waals surface area (Å²) in [5.74, 6) is -0.377. The van der Waals surface area contributed by atoms with E-state index < -0.39 is 17.4 Å². The Morgan fingerprint density at radius 1 is 0.939 bits per heavy atom. The predicted octanol–water partition coefficient (Wildman–Crippen LogP) is 4.18. The van der Waals surface area contributed by atoms with Gasteiger partial charge in [-0.1, -0.05) is 0 Å². The first-order valence-electron chi connectivity index (χ1n) is 10.9. The number of ether oxygens (including phenoxy) is 3. The van der Waals surface area contributed by atoms with Crippen molar-refractivity contribution in [3.63, 3.8) is 0 Å². The monoisotopic (exact) mass is 516 g/mol. The average molecular weight is 516 g/mol. The van der Waals surface area contributed by atoms with E-state index in [1.165, 1.54) is 24.2 Å². The molecule has 0 amide bonds. The molecule has 2 aromatic carbocycles. The van der Waals surface area contributed by atoms with Gasteiger partial charge in [0.1, 0.15) is 0 Å². The number of benzene rings is 2. The number of carbonyl (C=O) groups excluding carboxylic acids is 2. The molecule has 1 unspecified atom stereocenters. The molecule has 5 nitrogen and oxygen atoms in total. The minimum absolute atomic E-state index is 0.0267. The van der Waals surface area contributed by atoms with E-state index in [9.17, 15) is 9.59 Å². The number of carbonyl (C=O) groups is 2. The van der Waals surface area contributed by atoms with Gasteiger partial charge < -0.3 is 0 Å². The molecule has 0 aliphatic heterocycles. The van der Waals surface area contributed by atoms with Crippen LogP contribution in [0.1, 0.15) is 38.3 Å². The number of hydrogen-bond acceptors (Lipinski definition) is 5. The van der Waals surface area contributed by atoms with Crippen LogP contribution in [0.5, 0.6) is 5.75 Å². The van der Waals surface area contributed by atoms with Gasteiger partial charge in [0, 0.05) is 0 Å². The van der Waals surface area contributed by atoms with Gasteiger partial charge in [-0.3, -0.25) is 0 Å². The second-order valence-corrected chi connectivity index (χ2v) is 11.6. The van der Waals surface area contributed by atoms with Gasteiger partial charge in [0.05, 0.1) is 0 Å². The van der Waals surface area contributed by atoms with E-state index in [4.69, 9.17) is 14.2 Å². The van der Waals surface area contributed by atoms with E-state index in [0.29, 0.717) is 6.42 Å². The van der Waals surface area contributed by atoms with Gasteiger partial charge in [-0.2, -0.15) is 0 Å². The fourth-order valence-electron chi connectivity index (χ4n) is 4.17. The topological polar surface area (TPSA) is 61.8 Å². The van der Waals surface area contributed by atoms with Crippen molar-refractivity contribution in [3.05, 3.63) is 65.7 Å². The van der Waals surface area contributed by atoms with Gasteiger partial charge in [-0.25, -0.2) is 0 Å². The quantitative estimate of drug-likeness (QED) is 0.315. The molecule has 0 bridgehead atoms. The Bertz CT molecular complexity index is 1000. The molecular weight excluding hydrogens is 483 g/mol. The van der Waals surface area contributed by atoms with Crippen LogP contribution in [0.3, 0.4) is 0 Å². The summed E-state index contributed by atoms with van der Waals surface area (Å²) in [5.41, 5.74) is 1.94. The first kappa shape index (κ1) is 25.1. The van der Waals surface area contributed by atoms with Crippen LogP contribution in [0.15, 0.2) is 54.6 Å². The fraction of sp³-hybridized carbons (Fsp3) is 0.407. The molecule has 0 heterocycles. The number of methoxy groups -OCH3 is 3. The third-order valence-corrected chi connectivity index (χ3v) is 8.57. The maximum absolute atomic E-state index is 12.8. The summed E-state index contributed by atoms with van der Waals surface area (Å²) in [5, 5.41) is 0.857. The molecular formula is C27H32O5Se. The van der Waals surface area contributed by atoms with E-state index in [0.717, 1.165) is 22.2 Å². The summed E-state index contributed by atoms with van der Waals surface area (Å²) in [6.07, 6.45) is 2.10. The van der Waals surface area contributed by atoms with Crippen LogP contribution < -0.4 is 9.20 Å². The van der Waals surface area contributed by atoms with Crippen molar-refractivity contribution in [3.8, 4) is 5.75 Å². The van der Waals surface area contributed by atoms with Crippen molar-refractivity contribution < 1.29 is 23.8 Å². The van der Waals surface area contributed by atoms with E-state index in [2.05, 4.69) is 45.0 Å². The Balaban J connectivity index is 1.91. The zero-order valence-electron chi connectivity index (χ0n) is 20.1. The minimum atomic E-state index is -1.42. The summed E-state index contributed by atoms with van der Waals surface area (Å²) in [4.78, 5) is 25.6. The Kier molecular flexibility index (Phi) is 7.71. The summed E-state index contributed by atoms with van der Waals surface area (Å²) >= 11 is 0.176. The van der Waals surface area contributed by atoms with Gasteiger partial charge >= 0.3 is 203 Å². The molecule has 0 N–H and O–H groups in total. The van der Waals surface area contributed by atoms with Crippen LogP contribution in [0.25, 0.3) is 5.57 Å². The van der Waals surface area contributed by atoms with Crippen LogP contribution in [0.4, 0.5) is 0 Å². The predicted molar refractivity (Wildman–Crippen MR) is 131 cm³/mol. The third-order valence-electron chi connectivity index (χ3n) is 6.10. The summed E-state index contributed by atoms with van der Waals surface area (Å²) in [6.45, 7) is 6.62. The molecule has 0 saturated heterocycles. The Morgan fingerprint density at radius 3 is 2.00 bits per heavy atom. The average Bonchev–Trinajstić information content (AvgIpc) is 3.22. The molecule has 0 spiro atoms. The standard InChI is InChI=1S/C27H32O5Se/c1-26(2,3)20-9-13-22(14-10-20)33-17-19-15-27(24(28)31-5,25(29)32-6)16-23(19)18-7-11-21(30-4)12-8-18/h7-14,16,19H,15,17H2,1-6H3. The molecule has 2 aromatic rings. The fourth-order valence-corrected chi connectivity index (χ4v) is 6.31. The molecule has 176 valence electrons. The maximum atomic E-state index is 12.8. The van der Waals surface area contributed by atoms with E-state index in [1.807, 2.05) is 24.3 Å². The number of esters is 2. The number of allylic oxidation sites excluding steroid dienone is 1. The van der Waals surface area contributed by atoms with Crippen LogP contribution in [0, 0.1) is 11.3 Å². The second kappa shape index (κ2) is 10.1. The van der Waals surface area contributed by atoms with Crippen molar-refractivity contribution >= 4 is 36.9 Å². The molecule has 1 aliphatic carbocycles. The first-order chi connectivity index (χ1) is 15.6. The van der Waals surface area contributed by atoms with E-state index in [1.54, 1.807) is 13.2 Å². The Morgan fingerprint density at radius 2 is 1.52 bits per heavy atom. The van der Waals surface area contributed by atoms with E-state index >= 15 is 0 Å². The molecule has 0 saturated carbocycles. The molecule has 0 aromatic heterocycles. The number of hydrogen-bond donors (Lipinski definition) is 0. The first-order valence-corrected chi connectivity index (χ1v) is 13.0. The zero-order valence-corrected chi connectivity index (χ0v) is 21.9. The van der Waals surface area contributed by atoms with Gasteiger partial charge in [0.25, 0.3) is 0 Å². The molecule has 0 radical (unpaired) electrons. The molecule has 3 rings (SSSR count). The summed E-state index contributed by atoms with van der Waals surface area (Å²) in [6, 6.07) is 16.5. The van der Waals surface area contributed by atoms with Crippen molar-refractivity contribution in [1.29, 1.82) is 0 Å². The van der Waals surface area contributed by atoms with Crippen molar-refractivity contribution in [2.24, 2.45) is 11.3 Å². The van der Waals surface area contributed by atoms with Crippen molar-refractivity contribution in [1.82, 2.24) is 0 Å². The van der Waals surface area contributed by atoms with Gasteiger partial charge in [-0.05, 0) is 0 Å². The molecule has 0 fully saturated rings. The van der Waals surface area contributed by atoms with Crippen LogP contribution in [0.2, 0.25) is 5.32 Å². The Hall–Kier alpha value is -2.56. The molecule has 1 atom stereocenters. The summed E-state index contributed by atoms with van der Waals surface area (Å²) < 4.78 is 16.7. The van der Waals surface area contributed by atoms with Crippen LogP contribution >= 0.6 is 0 Å². The van der Waals surface area contributed by atoms with E-state index in [-0.39, 0.29) is 26.3 Å². The van der Waals surface area contributed by atoms with Crippen LogP contribution in [-0.4, -0.2) is 48.2 Å². The van der Waals surface area contributed by atoms with Gasteiger partial charge in [0.15, 0.2) is 0 Å². The zero-order chi connectivity index (χ0) is 24.2. The number of rotatable bonds is 7. The van der Waals surface area contributed by atoms with Crippen LogP contribution in [-0.2, 0) is 24.5 Å². The molecule has 1 aliphatic rings. The normalized spacial score (nSPS) is 17.3. The summed E-state index contributed by atoms with van der Waals surface area (Å²) in [7, 11) is 4.24. The van der Waals surface area contributed by atoms with Gasteiger partial charge in [0.2, 0.25) is 0 Å². The molecule has 6 heteroatoms. The van der Waals surface area contributed by atoms with Crippen molar-refractivity contribution in [2.45, 2.75) is 37.9 Å². The van der Waals surface area contributed by atoms with Gasteiger partial charge in [-0.15, -0.1) is 0 Å². The Labute approximate surface area is 202 Å². The second-order valence-electron chi connectivity index (χ2n) is 9.27. The third kappa shape index (κ3) is 5.34. The SMILES string of the molecule is COC(=O)C1(C(=O)OC)C=C(c2ccc(OC)cc2)C(C[Se]c2ccc(C(C)(C)C)cc2)C1. The molecule has 33 heavy (non-hydrogen) atoms.